The summed E-state index contributed by atoms with van der Waals surface area (Å²) in [4.78, 5) is 0. The Labute approximate surface area is 47.9 Å². The number of hydrogen-bond donors (Lipinski definition) is 0. The Bertz CT molecular complexity index is 48.4. The van der Waals surface area contributed by atoms with Gasteiger partial charge in [-0.1, -0.05) is 31.8 Å². The maximum absolute atomic E-state index is 2.31. The SMILES string of the molecule is C1=CC1.C[SiH](C)C. The second-order valence-electron chi connectivity index (χ2n) is 2.44. The van der Waals surface area contributed by atoms with E-state index in [1.54, 1.807) is 0 Å². The predicted octanol–water partition coefficient (Wildman–Crippen LogP) is 2.05. The summed E-state index contributed by atoms with van der Waals surface area (Å²) in [5.74, 6) is 0. The lowest BCUT2D eigenvalue weighted by molar-refractivity contribution is 1.71. The van der Waals surface area contributed by atoms with Crippen LogP contribution in [0.15, 0.2) is 12.2 Å². The van der Waals surface area contributed by atoms with E-state index >= 15 is 0 Å². The van der Waals surface area contributed by atoms with Crippen LogP contribution >= 0.6 is 0 Å². The largest absolute Gasteiger partial charge is 0.0844 e. The molecule has 0 atom stereocenters. The molecule has 0 spiro atoms. The van der Waals surface area contributed by atoms with Gasteiger partial charge in [0.2, 0.25) is 0 Å². The van der Waals surface area contributed by atoms with Crippen molar-refractivity contribution >= 4 is 8.80 Å². The standard InChI is InChI=1S/C3H10Si.C3H4/c1-4(2)3;1-2-3-1/h4H,1-3H3;1-2H,3H2. The van der Waals surface area contributed by atoms with Crippen LogP contribution in [0.3, 0.4) is 0 Å². The normalized spacial score (nSPS) is 13.1. The van der Waals surface area contributed by atoms with Gasteiger partial charge in [0.25, 0.3) is 0 Å². The Morgan fingerprint density at radius 2 is 1.29 bits per heavy atom. The molecule has 0 saturated heterocycles. The molecule has 0 aliphatic heterocycles. The van der Waals surface area contributed by atoms with E-state index in [-0.39, 0.29) is 8.80 Å². The monoisotopic (exact) mass is 114 g/mol. The molecule has 0 aromatic rings. The minimum atomic E-state index is -0.139. The zero-order valence-electron chi connectivity index (χ0n) is 5.44. The summed E-state index contributed by atoms with van der Waals surface area (Å²) >= 11 is 0. The first-order valence-corrected chi connectivity index (χ1v) is 6.35. The molecule has 1 aliphatic rings. The second kappa shape index (κ2) is 4.12. The molecule has 42 valence electrons. The lowest BCUT2D eigenvalue weighted by Crippen LogP contribution is -1.84. The highest BCUT2D eigenvalue weighted by atomic mass is 28.3. The molecule has 0 radical (unpaired) electrons. The Morgan fingerprint density at radius 3 is 1.29 bits per heavy atom. The first-order valence-electron chi connectivity index (χ1n) is 2.88. The van der Waals surface area contributed by atoms with Gasteiger partial charge in [0.1, 0.15) is 0 Å². The van der Waals surface area contributed by atoms with Crippen molar-refractivity contribution in [3.63, 3.8) is 0 Å². The van der Waals surface area contributed by atoms with Crippen molar-refractivity contribution in [2.45, 2.75) is 26.1 Å². The third-order valence-corrected chi connectivity index (χ3v) is 0.236. The molecule has 0 N–H and O–H groups in total. The lowest BCUT2D eigenvalue weighted by atomic mass is 10.9. The van der Waals surface area contributed by atoms with E-state index in [4.69, 9.17) is 0 Å². The van der Waals surface area contributed by atoms with Crippen molar-refractivity contribution in [3.05, 3.63) is 12.2 Å². The van der Waals surface area contributed by atoms with Crippen molar-refractivity contribution in [2.24, 2.45) is 0 Å². The third-order valence-electron chi connectivity index (χ3n) is 0.236. The maximum atomic E-state index is 2.31. The van der Waals surface area contributed by atoms with Crippen molar-refractivity contribution < 1.29 is 0 Å². The van der Waals surface area contributed by atoms with Crippen LogP contribution in [-0.2, 0) is 0 Å². The molecule has 0 aromatic carbocycles. The van der Waals surface area contributed by atoms with Gasteiger partial charge in [-0.15, -0.1) is 0 Å². The minimum Gasteiger partial charge on any atom is -0.0844 e. The maximum Gasteiger partial charge on any atom is 0.0274 e. The Hall–Kier alpha value is -0.0431. The van der Waals surface area contributed by atoms with E-state index in [1.807, 2.05) is 0 Å². The first kappa shape index (κ1) is 6.96. The van der Waals surface area contributed by atoms with Gasteiger partial charge in [0.15, 0.2) is 0 Å². The molecular weight excluding hydrogens is 100 g/mol. The van der Waals surface area contributed by atoms with Crippen molar-refractivity contribution in [1.82, 2.24) is 0 Å². The van der Waals surface area contributed by atoms with Crippen molar-refractivity contribution in [2.75, 3.05) is 0 Å². The molecule has 0 nitrogen and oxygen atoms in total. The minimum absolute atomic E-state index is 0.139. The van der Waals surface area contributed by atoms with Gasteiger partial charge in [-0.3, -0.25) is 0 Å². The van der Waals surface area contributed by atoms with Crippen LogP contribution in [0.25, 0.3) is 0 Å². The van der Waals surface area contributed by atoms with Gasteiger partial charge < -0.3 is 0 Å². The highest BCUT2D eigenvalue weighted by molar-refractivity contribution is 6.54. The summed E-state index contributed by atoms with van der Waals surface area (Å²) in [5.41, 5.74) is 0. The zero-order chi connectivity index (χ0) is 5.70. The molecule has 0 fully saturated rings. The predicted molar refractivity (Wildman–Crippen MR) is 38.5 cm³/mol. The van der Waals surface area contributed by atoms with Gasteiger partial charge >= 0.3 is 0 Å². The highest BCUT2D eigenvalue weighted by Crippen LogP contribution is 1.96. The molecule has 0 unspecified atom stereocenters. The summed E-state index contributed by atoms with van der Waals surface area (Å²) in [6.45, 7) is 6.92. The molecule has 0 aromatic heterocycles. The molecule has 1 heteroatoms. The fraction of sp³-hybridized carbons (Fsp3) is 0.667. The average molecular weight is 114 g/mol. The summed E-state index contributed by atoms with van der Waals surface area (Å²) in [6, 6.07) is 0. The number of allylic oxidation sites excluding steroid dienone is 2. The van der Waals surface area contributed by atoms with Crippen molar-refractivity contribution in [1.29, 1.82) is 0 Å². The molecule has 0 heterocycles. The molecule has 7 heavy (non-hydrogen) atoms. The van der Waals surface area contributed by atoms with E-state index < -0.39 is 0 Å². The highest BCUT2D eigenvalue weighted by Gasteiger charge is 1.75. The van der Waals surface area contributed by atoms with Gasteiger partial charge in [0.05, 0.1) is 0 Å². The quantitative estimate of drug-likeness (QED) is 0.334. The van der Waals surface area contributed by atoms with Gasteiger partial charge in [0, 0.05) is 8.80 Å². The topological polar surface area (TPSA) is 0 Å². The Kier molecular flexibility index (Phi) is 4.10. The number of hydrogen-bond acceptors (Lipinski definition) is 0. The van der Waals surface area contributed by atoms with Gasteiger partial charge in [-0.25, -0.2) is 0 Å². The zero-order valence-corrected chi connectivity index (χ0v) is 6.59. The summed E-state index contributed by atoms with van der Waals surface area (Å²) in [7, 11) is -0.139. The molecular formula is C6H14Si. The van der Waals surface area contributed by atoms with E-state index in [1.165, 1.54) is 6.42 Å². The first-order chi connectivity index (χ1) is 3.23. The van der Waals surface area contributed by atoms with Crippen LogP contribution in [0.4, 0.5) is 0 Å². The van der Waals surface area contributed by atoms with Crippen LogP contribution in [0.1, 0.15) is 6.42 Å². The van der Waals surface area contributed by atoms with E-state index in [2.05, 4.69) is 31.8 Å². The fourth-order valence-corrected chi connectivity index (χ4v) is 0. The van der Waals surface area contributed by atoms with Gasteiger partial charge in [-0.05, 0) is 6.42 Å². The van der Waals surface area contributed by atoms with Crippen LogP contribution < -0.4 is 0 Å². The third kappa shape index (κ3) is 102. The molecule has 0 amide bonds. The van der Waals surface area contributed by atoms with Crippen molar-refractivity contribution in [3.8, 4) is 0 Å². The lowest BCUT2D eigenvalue weighted by Gasteiger charge is -1.75. The van der Waals surface area contributed by atoms with Gasteiger partial charge in [-0.2, -0.15) is 0 Å². The summed E-state index contributed by atoms with van der Waals surface area (Å²) in [6.07, 6.45) is 5.50. The van der Waals surface area contributed by atoms with Crippen LogP contribution in [0, 0.1) is 0 Å². The Morgan fingerprint density at radius 1 is 1.14 bits per heavy atom. The number of rotatable bonds is 0. The van der Waals surface area contributed by atoms with E-state index in [0.717, 1.165) is 0 Å². The van der Waals surface area contributed by atoms with Crippen LogP contribution in [0.2, 0.25) is 19.6 Å². The molecule has 0 bridgehead atoms. The van der Waals surface area contributed by atoms with Crippen LogP contribution in [0.5, 0.6) is 0 Å². The molecule has 0 saturated carbocycles. The summed E-state index contributed by atoms with van der Waals surface area (Å²) in [5, 5.41) is 0. The molecule has 1 rings (SSSR count). The average Bonchev–Trinajstić information content (AvgIpc) is 2.02. The Balaban J connectivity index is 0.000000105. The summed E-state index contributed by atoms with van der Waals surface area (Å²) < 4.78 is 0. The van der Waals surface area contributed by atoms with Crippen LogP contribution in [-0.4, -0.2) is 8.80 Å². The fourth-order valence-electron chi connectivity index (χ4n) is 0. The molecule has 1 aliphatic carbocycles. The second-order valence-corrected chi connectivity index (χ2v) is 5.90. The smallest absolute Gasteiger partial charge is 0.0274 e. The van der Waals surface area contributed by atoms with E-state index in [0.29, 0.717) is 0 Å². The van der Waals surface area contributed by atoms with E-state index in [9.17, 15) is 0 Å².